The molecule has 8 heteroatoms. The number of nitrogens with one attached hydrogen (secondary N) is 2. The second-order valence-corrected chi connectivity index (χ2v) is 5.62. The molecule has 0 heterocycles. The monoisotopic (exact) mass is 394 g/mol. The van der Waals surface area contributed by atoms with Crippen molar-refractivity contribution in [2.75, 3.05) is 10.6 Å². The highest BCUT2D eigenvalue weighted by Gasteiger charge is 2.11. The molecule has 0 saturated carbocycles. The highest BCUT2D eigenvalue weighted by atomic mass is 79.9. The van der Waals surface area contributed by atoms with Gasteiger partial charge in [0.2, 0.25) is 0 Å². The standard InChI is InChI=1S/C13H7BrClF3N2S/c14-8-3-6(16)4-11(18)12(8)20-13(21)19-7-1-2-10(17)9(15)5-7/h1-5H,(H2,19,20,21). The third kappa shape index (κ3) is 4.09. The van der Waals surface area contributed by atoms with Crippen LogP contribution in [0.5, 0.6) is 0 Å². The second-order valence-electron chi connectivity index (χ2n) is 3.95. The van der Waals surface area contributed by atoms with Gasteiger partial charge in [-0.3, -0.25) is 0 Å². The number of anilines is 2. The van der Waals surface area contributed by atoms with Gasteiger partial charge in [0.25, 0.3) is 0 Å². The van der Waals surface area contributed by atoms with Crippen LogP contribution < -0.4 is 10.6 Å². The Morgan fingerprint density at radius 2 is 1.76 bits per heavy atom. The molecule has 2 aromatic carbocycles. The summed E-state index contributed by atoms with van der Waals surface area (Å²) in [6.45, 7) is 0. The molecule has 2 aromatic rings. The molecule has 0 unspecified atom stereocenters. The van der Waals surface area contributed by atoms with Crippen molar-refractivity contribution < 1.29 is 13.2 Å². The Kier molecular flexibility index (Phi) is 5.08. The van der Waals surface area contributed by atoms with E-state index in [1.807, 2.05) is 0 Å². The normalized spacial score (nSPS) is 10.3. The van der Waals surface area contributed by atoms with Crippen LogP contribution in [-0.4, -0.2) is 5.11 Å². The van der Waals surface area contributed by atoms with Crippen molar-refractivity contribution in [2.24, 2.45) is 0 Å². The zero-order chi connectivity index (χ0) is 15.6. The first-order valence-electron chi connectivity index (χ1n) is 5.54. The molecule has 0 bridgehead atoms. The molecule has 110 valence electrons. The lowest BCUT2D eigenvalue weighted by Crippen LogP contribution is -2.20. The van der Waals surface area contributed by atoms with Gasteiger partial charge in [-0.2, -0.15) is 0 Å². The molecular formula is C13H7BrClF3N2S. The van der Waals surface area contributed by atoms with E-state index in [0.29, 0.717) is 5.69 Å². The van der Waals surface area contributed by atoms with Gasteiger partial charge in [0.1, 0.15) is 11.6 Å². The van der Waals surface area contributed by atoms with Gasteiger partial charge < -0.3 is 10.6 Å². The third-order valence-corrected chi connectivity index (χ3v) is 3.54. The van der Waals surface area contributed by atoms with E-state index in [2.05, 4.69) is 26.6 Å². The molecule has 0 atom stereocenters. The SMILES string of the molecule is Fc1cc(F)c(NC(=S)Nc2ccc(F)c(Cl)c2)c(Br)c1. The Balaban J connectivity index is 2.13. The summed E-state index contributed by atoms with van der Waals surface area (Å²) in [7, 11) is 0. The average Bonchev–Trinajstić information content (AvgIpc) is 2.38. The van der Waals surface area contributed by atoms with Gasteiger partial charge in [-0.15, -0.1) is 0 Å². The lowest BCUT2D eigenvalue weighted by Gasteiger charge is -2.13. The van der Waals surface area contributed by atoms with Crippen molar-refractivity contribution in [3.05, 3.63) is 57.3 Å². The predicted molar refractivity (Wildman–Crippen MR) is 85.3 cm³/mol. The van der Waals surface area contributed by atoms with E-state index in [1.165, 1.54) is 18.2 Å². The number of benzene rings is 2. The molecule has 0 aromatic heterocycles. The first kappa shape index (κ1) is 16.1. The largest absolute Gasteiger partial charge is 0.332 e. The van der Waals surface area contributed by atoms with Gasteiger partial charge in [-0.25, -0.2) is 13.2 Å². The fraction of sp³-hybridized carbons (Fsp3) is 0. The Morgan fingerprint density at radius 1 is 1.05 bits per heavy atom. The van der Waals surface area contributed by atoms with Crippen molar-refractivity contribution in [3.63, 3.8) is 0 Å². The third-order valence-electron chi connectivity index (χ3n) is 2.42. The summed E-state index contributed by atoms with van der Waals surface area (Å²) in [5.74, 6) is -2.08. The van der Waals surface area contributed by atoms with E-state index in [1.54, 1.807) is 0 Å². The number of hydrogen-bond donors (Lipinski definition) is 2. The fourth-order valence-corrected chi connectivity index (χ4v) is 2.42. The molecule has 0 radical (unpaired) electrons. The molecular weight excluding hydrogens is 389 g/mol. The number of halogens is 5. The van der Waals surface area contributed by atoms with E-state index in [0.717, 1.165) is 12.1 Å². The van der Waals surface area contributed by atoms with Gasteiger partial charge >= 0.3 is 0 Å². The van der Waals surface area contributed by atoms with E-state index in [-0.39, 0.29) is 20.3 Å². The average molecular weight is 396 g/mol. The minimum absolute atomic E-state index is 0.0119. The molecule has 0 aliphatic rings. The molecule has 21 heavy (non-hydrogen) atoms. The molecule has 0 aliphatic carbocycles. The van der Waals surface area contributed by atoms with Gasteiger partial charge in [-0.05, 0) is 52.4 Å². The first-order chi connectivity index (χ1) is 9.86. The Bertz CT molecular complexity index is 689. The first-order valence-corrected chi connectivity index (χ1v) is 7.12. The predicted octanol–water partition coefficient (Wildman–Crippen LogP) is 5.33. The molecule has 0 fully saturated rings. The van der Waals surface area contributed by atoms with E-state index < -0.39 is 17.5 Å². The van der Waals surface area contributed by atoms with Gasteiger partial charge in [0, 0.05) is 16.2 Å². The lowest BCUT2D eigenvalue weighted by atomic mass is 10.3. The summed E-state index contributed by atoms with van der Waals surface area (Å²) < 4.78 is 39.8. The molecule has 0 saturated heterocycles. The van der Waals surface area contributed by atoms with E-state index >= 15 is 0 Å². The highest BCUT2D eigenvalue weighted by molar-refractivity contribution is 9.10. The van der Waals surface area contributed by atoms with Crippen LogP contribution in [0.25, 0.3) is 0 Å². The van der Waals surface area contributed by atoms with Crippen LogP contribution in [0, 0.1) is 17.5 Å². The summed E-state index contributed by atoms with van der Waals surface area (Å²) >= 11 is 13.7. The zero-order valence-corrected chi connectivity index (χ0v) is 13.3. The summed E-state index contributed by atoms with van der Waals surface area (Å²) in [5, 5.41) is 5.27. The summed E-state index contributed by atoms with van der Waals surface area (Å²) in [6, 6.07) is 5.75. The quantitative estimate of drug-likeness (QED) is 0.672. The van der Waals surface area contributed by atoms with Gasteiger partial charge in [-0.1, -0.05) is 11.6 Å². The van der Waals surface area contributed by atoms with Crippen LogP contribution in [0.4, 0.5) is 24.5 Å². The molecule has 2 rings (SSSR count). The van der Waals surface area contributed by atoms with Crippen molar-refractivity contribution in [3.8, 4) is 0 Å². The fourth-order valence-electron chi connectivity index (χ4n) is 1.51. The van der Waals surface area contributed by atoms with Crippen molar-refractivity contribution in [2.45, 2.75) is 0 Å². The number of hydrogen-bond acceptors (Lipinski definition) is 1. The lowest BCUT2D eigenvalue weighted by molar-refractivity contribution is 0.585. The van der Waals surface area contributed by atoms with E-state index in [4.69, 9.17) is 23.8 Å². The van der Waals surface area contributed by atoms with Crippen LogP contribution in [0.2, 0.25) is 5.02 Å². The van der Waals surface area contributed by atoms with Crippen LogP contribution in [-0.2, 0) is 0 Å². The van der Waals surface area contributed by atoms with Crippen LogP contribution in [0.3, 0.4) is 0 Å². The molecule has 0 aliphatic heterocycles. The van der Waals surface area contributed by atoms with Gasteiger partial charge in [0.05, 0.1) is 10.7 Å². The Morgan fingerprint density at radius 3 is 2.38 bits per heavy atom. The highest BCUT2D eigenvalue weighted by Crippen LogP contribution is 2.27. The maximum Gasteiger partial charge on any atom is 0.175 e. The smallest absolute Gasteiger partial charge is 0.175 e. The van der Waals surface area contributed by atoms with Crippen LogP contribution in [0.1, 0.15) is 0 Å². The van der Waals surface area contributed by atoms with Crippen LogP contribution in [0.15, 0.2) is 34.8 Å². The summed E-state index contributed by atoms with van der Waals surface area (Å²) in [5.41, 5.74) is 0.416. The minimum atomic E-state index is -0.803. The topological polar surface area (TPSA) is 24.1 Å². The Labute approximate surface area is 137 Å². The zero-order valence-electron chi connectivity index (χ0n) is 10.2. The molecule has 2 nitrogen and oxygen atoms in total. The van der Waals surface area contributed by atoms with E-state index in [9.17, 15) is 13.2 Å². The van der Waals surface area contributed by atoms with Crippen molar-refractivity contribution >= 4 is 56.2 Å². The van der Waals surface area contributed by atoms with Crippen molar-refractivity contribution in [1.29, 1.82) is 0 Å². The Hall–Kier alpha value is -1.31. The maximum atomic E-state index is 13.6. The van der Waals surface area contributed by atoms with Crippen molar-refractivity contribution in [1.82, 2.24) is 0 Å². The molecule has 0 spiro atoms. The van der Waals surface area contributed by atoms with Gasteiger partial charge in [0.15, 0.2) is 10.9 Å². The summed E-state index contributed by atoms with van der Waals surface area (Å²) in [6.07, 6.45) is 0. The minimum Gasteiger partial charge on any atom is -0.332 e. The van der Waals surface area contributed by atoms with Crippen LogP contribution >= 0.6 is 39.7 Å². The molecule has 0 amide bonds. The maximum absolute atomic E-state index is 13.6. The number of rotatable bonds is 2. The summed E-state index contributed by atoms with van der Waals surface area (Å²) in [4.78, 5) is 0. The molecule has 2 N–H and O–H groups in total. The number of thiocarbonyl (C=S) groups is 1. The second kappa shape index (κ2) is 6.64.